The second-order valence-electron chi connectivity index (χ2n) is 6.68. The van der Waals surface area contributed by atoms with E-state index >= 15 is 0 Å². The van der Waals surface area contributed by atoms with E-state index in [0.29, 0.717) is 10.2 Å². The molecular formula is C19H23ClN4OS. The molecule has 2 atom stereocenters. The van der Waals surface area contributed by atoms with Crippen molar-refractivity contribution in [1.82, 2.24) is 14.9 Å². The first-order valence-electron chi connectivity index (χ1n) is 8.38. The maximum Gasteiger partial charge on any atom is 0.234 e. The third-order valence-electron chi connectivity index (χ3n) is 4.53. The monoisotopic (exact) mass is 390 g/mol. The molecule has 0 fully saturated rings. The predicted molar refractivity (Wildman–Crippen MR) is 106 cm³/mol. The van der Waals surface area contributed by atoms with Gasteiger partial charge in [-0.2, -0.15) is 5.26 Å². The van der Waals surface area contributed by atoms with Gasteiger partial charge in [0.2, 0.25) is 5.91 Å². The molecule has 0 bridgehead atoms. The van der Waals surface area contributed by atoms with Crippen LogP contribution in [0.1, 0.15) is 33.3 Å². The highest BCUT2D eigenvalue weighted by molar-refractivity contribution is 8.00. The van der Waals surface area contributed by atoms with Crippen molar-refractivity contribution in [2.75, 3.05) is 0 Å². The van der Waals surface area contributed by atoms with E-state index in [4.69, 9.17) is 11.6 Å². The first kappa shape index (κ1) is 20.3. The van der Waals surface area contributed by atoms with Gasteiger partial charge in [-0.3, -0.25) is 9.36 Å². The quantitative estimate of drug-likeness (QED) is 0.743. The topological polar surface area (TPSA) is 70.7 Å². The molecule has 0 aliphatic rings. The molecular weight excluding hydrogens is 368 g/mol. The van der Waals surface area contributed by atoms with E-state index in [1.165, 1.54) is 11.8 Å². The summed E-state index contributed by atoms with van der Waals surface area (Å²) >= 11 is 7.57. The Hall–Kier alpha value is -1.97. The smallest absolute Gasteiger partial charge is 0.234 e. The SMILES string of the molecule is Cc1c(Cl)cccc1-n1ccnc1SC(C)C(=O)NC(C)(C#N)C(C)C. The van der Waals surface area contributed by atoms with Crippen molar-refractivity contribution in [3.63, 3.8) is 0 Å². The van der Waals surface area contributed by atoms with Crippen LogP contribution in [0.2, 0.25) is 5.02 Å². The molecule has 1 aromatic heterocycles. The van der Waals surface area contributed by atoms with Gasteiger partial charge in [0, 0.05) is 17.4 Å². The lowest BCUT2D eigenvalue weighted by Crippen LogP contribution is -2.51. The molecule has 26 heavy (non-hydrogen) atoms. The molecule has 2 unspecified atom stereocenters. The zero-order chi connectivity index (χ0) is 19.5. The number of rotatable bonds is 6. The van der Waals surface area contributed by atoms with E-state index in [0.717, 1.165) is 11.3 Å². The van der Waals surface area contributed by atoms with Gasteiger partial charge in [0.05, 0.1) is 17.0 Å². The highest BCUT2D eigenvalue weighted by atomic mass is 35.5. The summed E-state index contributed by atoms with van der Waals surface area (Å²) in [7, 11) is 0. The number of hydrogen-bond donors (Lipinski definition) is 1. The van der Waals surface area contributed by atoms with Gasteiger partial charge in [0.1, 0.15) is 5.54 Å². The van der Waals surface area contributed by atoms with Crippen molar-refractivity contribution in [3.05, 3.63) is 41.2 Å². The van der Waals surface area contributed by atoms with Crippen molar-refractivity contribution in [2.45, 2.75) is 50.6 Å². The zero-order valence-electron chi connectivity index (χ0n) is 15.6. The molecule has 7 heteroatoms. The van der Waals surface area contributed by atoms with Gasteiger partial charge in [-0.25, -0.2) is 4.98 Å². The lowest BCUT2D eigenvalue weighted by atomic mass is 9.90. The molecule has 2 rings (SSSR count). The maximum atomic E-state index is 12.6. The van der Waals surface area contributed by atoms with Gasteiger partial charge < -0.3 is 5.32 Å². The average molecular weight is 391 g/mol. The first-order chi connectivity index (χ1) is 12.2. The highest BCUT2D eigenvalue weighted by Crippen LogP contribution is 2.29. The molecule has 0 saturated carbocycles. The number of aromatic nitrogens is 2. The van der Waals surface area contributed by atoms with Crippen molar-refractivity contribution in [2.24, 2.45) is 5.92 Å². The summed E-state index contributed by atoms with van der Waals surface area (Å²) in [5.41, 5.74) is 0.974. The Labute approximate surface area is 163 Å². The lowest BCUT2D eigenvalue weighted by Gasteiger charge is -2.28. The second-order valence-corrected chi connectivity index (χ2v) is 8.40. The first-order valence-corrected chi connectivity index (χ1v) is 9.64. The molecule has 0 saturated heterocycles. The number of carbonyl (C=O) groups excluding carboxylic acids is 1. The standard InChI is InChI=1S/C19H23ClN4OS/c1-12(2)19(5,11-21)23-17(25)14(4)26-18-22-9-10-24(18)16-8-6-7-15(20)13(16)3/h6-10,12,14H,1-5H3,(H,23,25). The molecule has 5 nitrogen and oxygen atoms in total. The van der Waals surface area contributed by atoms with E-state index in [1.54, 1.807) is 13.1 Å². The average Bonchev–Trinajstić information content (AvgIpc) is 3.04. The van der Waals surface area contributed by atoms with Crippen molar-refractivity contribution < 1.29 is 4.79 Å². The molecule has 138 valence electrons. The molecule has 0 aliphatic carbocycles. The normalized spacial score (nSPS) is 14.5. The fraction of sp³-hybridized carbons (Fsp3) is 0.421. The summed E-state index contributed by atoms with van der Waals surface area (Å²) in [5.74, 6) is -0.185. The highest BCUT2D eigenvalue weighted by Gasteiger charge is 2.32. The number of nitrogens with one attached hydrogen (secondary N) is 1. The molecule has 2 aromatic rings. The summed E-state index contributed by atoms with van der Waals surface area (Å²) in [6, 6.07) is 7.89. The van der Waals surface area contributed by atoms with Gasteiger partial charge >= 0.3 is 0 Å². The van der Waals surface area contributed by atoms with Crippen LogP contribution in [0.3, 0.4) is 0 Å². The Morgan fingerprint density at radius 1 is 1.42 bits per heavy atom. The van der Waals surface area contributed by atoms with Crippen LogP contribution in [0.5, 0.6) is 0 Å². The molecule has 0 spiro atoms. The van der Waals surface area contributed by atoms with Gasteiger partial charge in [0.25, 0.3) is 0 Å². The molecule has 1 heterocycles. The van der Waals surface area contributed by atoms with Crippen LogP contribution < -0.4 is 5.32 Å². The Bertz CT molecular complexity index is 842. The van der Waals surface area contributed by atoms with Crippen LogP contribution in [-0.2, 0) is 4.79 Å². The van der Waals surface area contributed by atoms with Gasteiger partial charge in [0.15, 0.2) is 5.16 Å². The van der Waals surface area contributed by atoms with Crippen molar-refractivity contribution in [3.8, 4) is 11.8 Å². The maximum absolute atomic E-state index is 12.6. The summed E-state index contributed by atoms with van der Waals surface area (Å²) in [5, 5.41) is 13.2. The van der Waals surface area contributed by atoms with E-state index in [-0.39, 0.29) is 11.8 Å². The van der Waals surface area contributed by atoms with Crippen LogP contribution in [0.25, 0.3) is 5.69 Å². The van der Waals surface area contributed by atoms with Crippen LogP contribution in [0.4, 0.5) is 0 Å². The Kier molecular flexibility index (Phi) is 6.38. The Morgan fingerprint density at radius 2 is 2.12 bits per heavy atom. The van der Waals surface area contributed by atoms with Crippen LogP contribution >= 0.6 is 23.4 Å². The predicted octanol–water partition coefficient (Wildman–Crippen LogP) is 4.37. The molecule has 1 N–H and O–H groups in total. The minimum absolute atomic E-state index is 0.00439. The van der Waals surface area contributed by atoms with E-state index in [1.807, 2.05) is 56.7 Å². The number of thioether (sulfide) groups is 1. The van der Waals surface area contributed by atoms with Crippen LogP contribution in [-0.4, -0.2) is 26.2 Å². The number of nitriles is 1. The van der Waals surface area contributed by atoms with E-state index < -0.39 is 10.8 Å². The fourth-order valence-electron chi connectivity index (χ4n) is 2.29. The van der Waals surface area contributed by atoms with Crippen molar-refractivity contribution in [1.29, 1.82) is 5.26 Å². The number of carbonyl (C=O) groups is 1. The Morgan fingerprint density at radius 3 is 2.73 bits per heavy atom. The Balaban J connectivity index is 2.20. The number of imidazole rings is 1. The minimum Gasteiger partial charge on any atom is -0.337 e. The third-order valence-corrected chi connectivity index (χ3v) is 6.02. The summed E-state index contributed by atoms with van der Waals surface area (Å²) in [4.78, 5) is 17.0. The number of halogens is 1. The van der Waals surface area contributed by atoms with Crippen LogP contribution in [0, 0.1) is 24.2 Å². The number of amides is 1. The van der Waals surface area contributed by atoms with E-state index in [9.17, 15) is 10.1 Å². The van der Waals surface area contributed by atoms with Gasteiger partial charge in [-0.05, 0) is 44.4 Å². The summed E-state index contributed by atoms with van der Waals surface area (Å²) < 4.78 is 1.92. The van der Waals surface area contributed by atoms with Gasteiger partial charge in [-0.15, -0.1) is 0 Å². The number of hydrogen-bond acceptors (Lipinski definition) is 4. The summed E-state index contributed by atoms with van der Waals surface area (Å²) in [6.07, 6.45) is 3.54. The van der Waals surface area contributed by atoms with E-state index in [2.05, 4.69) is 16.4 Å². The molecule has 0 radical (unpaired) electrons. The van der Waals surface area contributed by atoms with Crippen molar-refractivity contribution >= 4 is 29.3 Å². The van der Waals surface area contributed by atoms with Gasteiger partial charge in [-0.1, -0.05) is 43.3 Å². The number of benzene rings is 1. The fourth-order valence-corrected chi connectivity index (χ4v) is 3.33. The number of nitrogens with zero attached hydrogens (tertiary/aromatic N) is 3. The molecule has 1 amide bonds. The minimum atomic E-state index is -0.898. The molecule has 1 aromatic carbocycles. The largest absolute Gasteiger partial charge is 0.337 e. The third kappa shape index (κ3) is 4.22. The summed E-state index contributed by atoms with van der Waals surface area (Å²) in [6.45, 7) is 9.32. The van der Waals surface area contributed by atoms with Crippen LogP contribution in [0.15, 0.2) is 35.7 Å². The molecule has 0 aliphatic heterocycles. The lowest BCUT2D eigenvalue weighted by molar-refractivity contribution is -0.121. The zero-order valence-corrected chi connectivity index (χ0v) is 17.1. The second kappa shape index (κ2) is 8.15.